The molecule has 1 aromatic rings. The average molecular weight is 283 g/mol. The zero-order chi connectivity index (χ0) is 14.7. The Hall–Kier alpha value is -0.670. The zero-order valence-corrected chi connectivity index (χ0v) is 13.9. The van der Waals surface area contributed by atoms with E-state index < -0.39 is 10.8 Å². The minimum absolute atomic E-state index is 0.565. The molecular formula is C16H29NOS. The van der Waals surface area contributed by atoms with Crippen molar-refractivity contribution in [1.82, 2.24) is 4.90 Å². The molecular weight excluding hydrogens is 254 g/mol. The fourth-order valence-electron chi connectivity index (χ4n) is 1.90. The van der Waals surface area contributed by atoms with Crippen molar-refractivity contribution in [1.29, 1.82) is 0 Å². The van der Waals surface area contributed by atoms with Crippen LogP contribution in [-0.4, -0.2) is 33.7 Å². The molecule has 0 aromatic heterocycles. The summed E-state index contributed by atoms with van der Waals surface area (Å²) in [6, 6.07) is 8.62. The molecule has 0 atom stereocenters. The van der Waals surface area contributed by atoms with Crippen LogP contribution in [0.2, 0.25) is 0 Å². The third kappa shape index (κ3) is 7.48. The van der Waals surface area contributed by atoms with Crippen molar-refractivity contribution in [3.63, 3.8) is 0 Å². The van der Waals surface area contributed by atoms with Crippen molar-refractivity contribution in [3.05, 3.63) is 35.4 Å². The lowest BCUT2D eigenvalue weighted by atomic mass is 10.1. The van der Waals surface area contributed by atoms with Crippen molar-refractivity contribution >= 4 is 10.8 Å². The highest BCUT2D eigenvalue weighted by atomic mass is 32.2. The second-order valence-corrected chi connectivity index (χ2v) is 5.81. The van der Waals surface area contributed by atoms with Crippen LogP contribution in [-0.2, 0) is 17.3 Å². The molecule has 110 valence electrons. The van der Waals surface area contributed by atoms with E-state index in [1.807, 2.05) is 27.7 Å². The van der Waals surface area contributed by atoms with Crippen LogP contribution in [0.5, 0.6) is 0 Å². The van der Waals surface area contributed by atoms with Crippen LogP contribution in [0.4, 0.5) is 0 Å². The van der Waals surface area contributed by atoms with Crippen LogP contribution in [0.25, 0.3) is 0 Å². The minimum Gasteiger partial charge on any atom is -0.297 e. The van der Waals surface area contributed by atoms with E-state index in [-0.39, 0.29) is 0 Å². The summed E-state index contributed by atoms with van der Waals surface area (Å²) in [7, 11) is -0.565. The van der Waals surface area contributed by atoms with E-state index in [0.717, 1.165) is 31.1 Å². The zero-order valence-electron chi connectivity index (χ0n) is 13.1. The molecule has 1 fully saturated rings. The van der Waals surface area contributed by atoms with Gasteiger partial charge in [0.2, 0.25) is 0 Å². The monoisotopic (exact) mass is 283 g/mol. The Labute approximate surface area is 121 Å². The van der Waals surface area contributed by atoms with Crippen molar-refractivity contribution in [2.75, 3.05) is 24.6 Å². The Balaban J connectivity index is 0.000000741. The number of hydrogen-bond acceptors (Lipinski definition) is 2. The van der Waals surface area contributed by atoms with Gasteiger partial charge in [-0.3, -0.25) is 9.11 Å². The highest BCUT2D eigenvalue weighted by Crippen LogP contribution is 2.09. The molecule has 0 spiro atoms. The van der Waals surface area contributed by atoms with Crippen molar-refractivity contribution < 1.29 is 4.21 Å². The van der Waals surface area contributed by atoms with Gasteiger partial charge in [0, 0.05) is 41.9 Å². The minimum atomic E-state index is -0.565. The molecule has 0 saturated carbocycles. The number of benzene rings is 1. The first-order valence-electron chi connectivity index (χ1n) is 7.37. The van der Waals surface area contributed by atoms with Gasteiger partial charge >= 0.3 is 0 Å². The van der Waals surface area contributed by atoms with Gasteiger partial charge in [0.15, 0.2) is 0 Å². The average Bonchev–Trinajstić information content (AvgIpc) is 2.46. The fourth-order valence-corrected chi connectivity index (χ4v) is 3.03. The normalized spacial score (nSPS) is 15.8. The lowest BCUT2D eigenvalue weighted by Crippen LogP contribution is -2.37. The number of nitrogens with zero attached hydrogens (tertiary/aromatic N) is 1. The summed E-state index contributed by atoms with van der Waals surface area (Å²) < 4.78 is 11.2. The van der Waals surface area contributed by atoms with E-state index in [0.29, 0.717) is 0 Å². The maximum absolute atomic E-state index is 11.2. The van der Waals surface area contributed by atoms with E-state index in [1.165, 1.54) is 11.1 Å². The van der Waals surface area contributed by atoms with E-state index in [9.17, 15) is 4.21 Å². The van der Waals surface area contributed by atoms with Crippen LogP contribution in [0.1, 0.15) is 38.8 Å². The van der Waals surface area contributed by atoms with E-state index in [4.69, 9.17) is 0 Å². The highest BCUT2D eigenvalue weighted by molar-refractivity contribution is 7.85. The first-order chi connectivity index (χ1) is 9.24. The molecule has 0 radical (unpaired) electrons. The molecule has 2 nitrogen and oxygen atoms in total. The summed E-state index contributed by atoms with van der Waals surface area (Å²) in [5, 5.41) is 0. The van der Waals surface area contributed by atoms with Gasteiger partial charge in [0.05, 0.1) is 0 Å². The van der Waals surface area contributed by atoms with Gasteiger partial charge in [0.25, 0.3) is 0 Å². The summed E-state index contributed by atoms with van der Waals surface area (Å²) in [6.07, 6.45) is 0. The lowest BCUT2D eigenvalue weighted by molar-refractivity contribution is 0.291. The largest absolute Gasteiger partial charge is 0.297 e. The third-order valence-electron chi connectivity index (χ3n) is 2.76. The molecule has 1 aliphatic rings. The molecule has 3 heteroatoms. The molecule has 0 N–H and O–H groups in total. The van der Waals surface area contributed by atoms with Gasteiger partial charge in [0.1, 0.15) is 0 Å². The Morgan fingerprint density at radius 1 is 1.11 bits per heavy atom. The lowest BCUT2D eigenvalue weighted by Gasteiger charge is -2.26. The highest BCUT2D eigenvalue weighted by Gasteiger charge is 2.14. The number of hydrogen-bond donors (Lipinski definition) is 0. The number of rotatable bonds is 2. The Kier molecular flexibility index (Phi) is 10.8. The van der Waals surface area contributed by atoms with Gasteiger partial charge in [-0.05, 0) is 12.5 Å². The molecule has 0 bridgehead atoms. The maximum Gasteiger partial charge on any atom is 0.0363 e. The molecule has 19 heavy (non-hydrogen) atoms. The molecule has 1 aromatic carbocycles. The third-order valence-corrected chi connectivity index (χ3v) is 4.03. The van der Waals surface area contributed by atoms with E-state index in [1.54, 1.807) is 0 Å². The predicted octanol–water partition coefficient (Wildman–Crippen LogP) is 3.61. The van der Waals surface area contributed by atoms with Crippen LogP contribution in [0, 0.1) is 6.92 Å². The van der Waals surface area contributed by atoms with Crippen LogP contribution in [0.3, 0.4) is 0 Å². The Morgan fingerprint density at radius 2 is 1.68 bits per heavy atom. The molecule has 1 aliphatic heterocycles. The maximum atomic E-state index is 11.2. The SMILES string of the molecule is CC.CC.Cc1cccc(CN2CCS(=O)CC2)c1. The molecule has 0 unspecified atom stereocenters. The summed E-state index contributed by atoms with van der Waals surface area (Å²) in [5.41, 5.74) is 2.68. The first-order valence-corrected chi connectivity index (χ1v) is 8.86. The topological polar surface area (TPSA) is 20.3 Å². The molecule has 1 heterocycles. The van der Waals surface area contributed by atoms with Gasteiger partial charge in [-0.2, -0.15) is 0 Å². The van der Waals surface area contributed by atoms with Crippen LogP contribution < -0.4 is 0 Å². The Bertz CT molecular complexity index is 356. The number of aryl methyl sites for hydroxylation is 1. The second kappa shape index (κ2) is 11.2. The van der Waals surface area contributed by atoms with Crippen molar-refractivity contribution in [2.45, 2.75) is 41.2 Å². The predicted molar refractivity (Wildman–Crippen MR) is 87.0 cm³/mol. The van der Waals surface area contributed by atoms with Crippen molar-refractivity contribution in [3.8, 4) is 0 Å². The smallest absolute Gasteiger partial charge is 0.0363 e. The van der Waals surface area contributed by atoms with E-state index in [2.05, 4.69) is 36.1 Å². The van der Waals surface area contributed by atoms with Gasteiger partial charge in [-0.15, -0.1) is 0 Å². The molecule has 1 saturated heterocycles. The molecule has 2 rings (SSSR count). The summed E-state index contributed by atoms with van der Waals surface area (Å²) >= 11 is 0. The summed E-state index contributed by atoms with van der Waals surface area (Å²) in [4.78, 5) is 2.39. The summed E-state index contributed by atoms with van der Waals surface area (Å²) in [6.45, 7) is 13.1. The fraction of sp³-hybridized carbons (Fsp3) is 0.625. The Morgan fingerprint density at radius 3 is 2.21 bits per heavy atom. The molecule has 0 aliphatic carbocycles. The van der Waals surface area contributed by atoms with Crippen LogP contribution in [0.15, 0.2) is 24.3 Å². The first kappa shape index (κ1) is 18.3. The standard InChI is InChI=1S/C12H17NOS.2C2H6/c1-11-3-2-4-12(9-11)10-13-5-7-15(14)8-6-13;2*1-2/h2-4,9H,5-8,10H2,1H3;2*1-2H3. The quantitative estimate of drug-likeness (QED) is 0.826. The van der Waals surface area contributed by atoms with E-state index >= 15 is 0 Å². The van der Waals surface area contributed by atoms with Gasteiger partial charge < -0.3 is 0 Å². The van der Waals surface area contributed by atoms with Crippen LogP contribution >= 0.6 is 0 Å². The van der Waals surface area contributed by atoms with Gasteiger partial charge in [-0.25, -0.2) is 0 Å². The summed E-state index contributed by atoms with van der Waals surface area (Å²) in [5.74, 6) is 1.68. The second-order valence-electron chi connectivity index (χ2n) is 4.11. The van der Waals surface area contributed by atoms with Crippen molar-refractivity contribution in [2.24, 2.45) is 0 Å². The van der Waals surface area contributed by atoms with Gasteiger partial charge in [-0.1, -0.05) is 57.5 Å². The molecule has 0 amide bonds.